The summed E-state index contributed by atoms with van der Waals surface area (Å²) in [4.78, 5) is 18.6. The van der Waals surface area contributed by atoms with Crippen LogP contribution in [-0.2, 0) is 0 Å². The SMILES string of the molecule is COc1ccc(C)cc1-c1nc(Cl)nc(C)c1[N+](=O)[O-]. The third-order valence-corrected chi connectivity index (χ3v) is 2.99. The van der Waals surface area contributed by atoms with Crippen molar-refractivity contribution < 1.29 is 9.66 Å². The number of hydrogen-bond acceptors (Lipinski definition) is 5. The summed E-state index contributed by atoms with van der Waals surface area (Å²) in [5.74, 6) is 0.493. The number of ether oxygens (including phenoxy) is 1. The van der Waals surface area contributed by atoms with Gasteiger partial charge in [-0.2, -0.15) is 0 Å². The zero-order valence-corrected chi connectivity index (χ0v) is 11.9. The Bertz CT molecular complexity index is 689. The first-order chi connectivity index (χ1) is 9.43. The lowest BCUT2D eigenvalue weighted by atomic mass is 10.1. The number of hydrogen-bond donors (Lipinski definition) is 0. The van der Waals surface area contributed by atoms with Gasteiger partial charge >= 0.3 is 5.69 Å². The maximum absolute atomic E-state index is 11.3. The second kappa shape index (κ2) is 5.42. The average Bonchev–Trinajstić information content (AvgIpc) is 2.37. The molecule has 0 aliphatic heterocycles. The van der Waals surface area contributed by atoms with Crippen LogP contribution in [0.5, 0.6) is 5.75 Å². The van der Waals surface area contributed by atoms with Crippen LogP contribution < -0.4 is 4.74 Å². The summed E-state index contributed by atoms with van der Waals surface area (Å²) in [6.45, 7) is 3.40. The molecule has 2 rings (SSSR count). The molecular weight excluding hydrogens is 282 g/mol. The van der Waals surface area contributed by atoms with Gasteiger partial charge in [-0.05, 0) is 37.6 Å². The Kier molecular flexibility index (Phi) is 3.85. The molecule has 0 fully saturated rings. The Morgan fingerprint density at radius 2 is 2.00 bits per heavy atom. The summed E-state index contributed by atoms with van der Waals surface area (Å²) in [6.07, 6.45) is 0. The molecule has 1 aromatic heterocycles. The number of benzene rings is 1. The summed E-state index contributed by atoms with van der Waals surface area (Å²) in [5, 5.41) is 11.2. The monoisotopic (exact) mass is 293 g/mol. The standard InChI is InChI=1S/C13H12ClN3O3/c1-7-4-5-10(20-3)9(6-7)11-12(17(18)19)8(2)15-13(14)16-11/h4-6H,1-3H3. The number of methoxy groups -OCH3 is 1. The normalized spacial score (nSPS) is 10.4. The van der Waals surface area contributed by atoms with E-state index in [1.165, 1.54) is 14.0 Å². The van der Waals surface area contributed by atoms with E-state index in [0.717, 1.165) is 5.56 Å². The van der Waals surface area contributed by atoms with E-state index >= 15 is 0 Å². The van der Waals surface area contributed by atoms with Crippen LogP contribution in [0.1, 0.15) is 11.3 Å². The predicted molar refractivity (Wildman–Crippen MR) is 75.2 cm³/mol. The van der Waals surface area contributed by atoms with Crippen molar-refractivity contribution in [1.29, 1.82) is 0 Å². The summed E-state index contributed by atoms with van der Waals surface area (Å²) < 4.78 is 5.24. The van der Waals surface area contributed by atoms with E-state index in [0.29, 0.717) is 11.3 Å². The fraction of sp³-hybridized carbons (Fsp3) is 0.231. The molecule has 0 aliphatic rings. The first-order valence-corrected chi connectivity index (χ1v) is 6.15. The zero-order valence-electron chi connectivity index (χ0n) is 11.2. The summed E-state index contributed by atoms with van der Waals surface area (Å²) in [7, 11) is 1.50. The Balaban J connectivity index is 2.81. The average molecular weight is 294 g/mol. The van der Waals surface area contributed by atoms with Crippen molar-refractivity contribution in [2.24, 2.45) is 0 Å². The second-order valence-electron chi connectivity index (χ2n) is 4.24. The maximum Gasteiger partial charge on any atom is 0.316 e. The third kappa shape index (κ3) is 2.55. The van der Waals surface area contributed by atoms with Crippen molar-refractivity contribution in [3.63, 3.8) is 0 Å². The molecule has 0 atom stereocenters. The summed E-state index contributed by atoms with van der Waals surface area (Å²) in [6, 6.07) is 5.35. The van der Waals surface area contributed by atoms with Gasteiger partial charge in [0, 0.05) is 5.56 Å². The lowest BCUT2D eigenvalue weighted by Gasteiger charge is -2.10. The van der Waals surface area contributed by atoms with E-state index in [1.807, 2.05) is 13.0 Å². The molecule has 0 unspecified atom stereocenters. The van der Waals surface area contributed by atoms with Crippen molar-refractivity contribution in [2.45, 2.75) is 13.8 Å². The van der Waals surface area contributed by atoms with Crippen LogP contribution >= 0.6 is 11.6 Å². The lowest BCUT2D eigenvalue weighted by molar-refractivity contribution is -0.385. The maximum atomic E-state index is 11.3. The van der Waals surface area contributed by atoms with Crippen LogP contribution in [0.4, 0.5) is 5.69 Å². The number of halogens is 1. The number of nitro groups is 1. The molecule has 2 aromatic rings. The fourth-order valence-electron chi connectivity index (χ4n) is 1.95. The van der Waals surface area contributed by atoms with Crippen molar-refractivity contribution >= 4 is 17.3 Å². The molecule has 0 saturated heterocycles. The van der Waals surface area contributed by atoms with Gasteiger partial charge in [0.05, 0.1) is 12.0 Å². The first kappa shape index (κ1) is 14.2. The van der Waals surface area contributed by atoms with Gasteiger partial charge < -0.3 is 4.74 Å². The van der Waals surface area contributed by atoms with Gasteiger partial charge in [0.2, 0.25) is 5.28 Å². The minimum absolute atomic E-state index is 0.0355. The highest BCUT2D eigenvalue weighted by atomic mass is 35.5. The van der Waals surface area contributed by atoms with E-state index < -0.39 is 4.92 Å². The van der Waals surface area contributed by atoms with Crippen molar-refractivity contribution in [3.05, 3.63) is 44.9 Å². The number of aryl methyl sites for hydroxylation is 2. The molecule has 0 radical (unpaired) electrons. The molecule has 6 nitrogen and oxygen atoms in total. The van der Waals surface area contributed by atoms with Crippen LogP contribution in [0.15, 0.2) is 18.2 Å². The Hall–Kier alpha value is -2.21. The number of nitrogens with zero attached hydrogens (tertiary/aromatic N) is 3. The Labute approximate surface area is 120 Å². The van der Waals surface area contributed by atoms with Gasteiger partial charge in [0.15, 0.2) is 5.69 Å². The quantitative estimate of drug-likeness (QED) is 0.493. The van der Waals surface area contributed by atoms with Gasteiger partial charge in [-0.15, -0.1) is 0 Å². The van der Waals surface area contributed by atoms with Crippen molar-refractivity contribution in [1.82, 2.24) is 9.97 Å². The number of rotatable bonds is 3. The second-order valence-corrected chi connectivity index (χ2v) is 4.57. The lowest BCUT2D eigenvalue weighted by Crippen LogP contribution is -2.02. The van der Waals surface area contributed by atoms with Gasteiger partial charge in [0.1, 0.15) is 11.4 Å². The minimum atomic E-state index is -0.511. The summed E-state index contributed by atoms with van der Waals surface area (Å²) >= 11 is 5.83. The fourth-order valence-corrected chi connectivity index (χ4v) is 2.16. The molecule has 0 amide bonds. The van der Waals surface area contributed by atoms with Crippen molar-refractivity contribution in [3.8, 4) is 17.0 Å². The third-order valence-electron chi connectivity index (χ3n) is 2.82. The predicted octanol–water partition coefficient (Wildman–Crippen LogP) is 3.33. The van der Waals surface area contributed by atoms with E-state index in [2.05, 4.69) is 9.97 Å². The van der Waals surface area contributed by atoms with Crippen LogP contribution in [0.3, 0.4) is 0 Å². The van der Waals surface area contributed by atoms with Crippen molar-refractivity contribution in [2.75, 3.05) is 7.11 Å². The first-order valence-electron chi connectivity index (χ1n) is 5.77. The smallest absolute Gasteiger partial charge is 0.316 e. The highest BCUT2D eigenvalue weighted by molar-refractivity contribution is 6.28. The molecule has 0 aliphatic carbocycles. The van der Waals surface area contributed by atoms with Crippen LogP contribution in [0.25, 0.3) is 11.3 Å². The molecular formula is C13H12ClN3O3. The Morgan fingerprint density at radius 3 is 2.60 bits per heavy atom. The molecule has 104 valence electrons. The molecule has 0 N–H and O–H groups in total. The molecule has 1 heterocycles. The van der Waals surface area contributed by atoms with Gasteiger partial charge in [-0.1, -0.05) is 11.6 Å². The van der Waals surface area contributed by atoms with E-state index in [4.69, 9.17) is 16.3 Å². The van der Waals surface area contributed by atoms with E-state index in [1.54, 1.807) is 12.1 Å². The molecule has 1 aromatic carbocycles. The highest BCUT2D eigenvalue weighted by Gasteiger charge is 2.25. The van der Waals surface area contributed by atoms with Gasteiger partial charge in [-0.25, -0.2) is 9.97 Å². The summed E-state index contributed by atoms with van der Waals surface area (Å²) in [5.41, 5.74) is 1.66. The van der Waals surface area contributed by atoms with Gasteiger partial charge in [0.25, 0.3) is 0 Å². The molecule has 0 bridgehead atoms. The van der Waals surface area contributed by atoms with Gasteiger partial charge in [-0.3, -0.25) is 10.1 Å². The molecule has 0 saturated carbocycles. The highest BCUT2D eigenvalue weighted by Crippen LogP contribution is 2.37. The topological polar surface area (TPSA) is 78.2 Å². The van der Waals surface area contributed by atoms with Crippen LogP contribution in [0.2, 0.25) is 5.28 Å². The Morgan fingerprint density at radius 1 is 1.30 bits per heavy atom. The number of aromatic nitrogens is 2. The molecule has 20 heavy (non-hydrogen) atoms. The molecule has 7 heteroatoms. The minimum Gasteiger partial charge on any atom is -0.496 e. The molecule has 0 spiro atoms. The van der Waals surface area contributed by atoms with Crippen LogP contribution in [-0.4, -0.2) is 22.0 Å². The van der Waals surface area contributed by atoms with E-state index in [9.17, 15) is 10.1 Å². The largest absolute Gasteiger partial charge is 0.496 e. The van der Waals surface area contributed by atoms with E-state index in [-0.39, 0.29) is 22.4 Å². The zero-order chi connectivity index (χ0) is 14.9. The van der Waals surface area contributed by atoms with Crippen LogP contribution in [0, 0.1) is 24.0 Å².